The Morgan fingerprint density at radius 1 is 0.707 bits per heavy atom. The third-order valence-corrected chi connectivity index (χ3v) is 10.1. The molecule has 0 fully saturated rings. The van der Waals surface area contributed by atoms with Gasteiger partial charge in [-0.1, -0.05) is 113 Å². The molecule has 15 nitrogen and oxygen atoms in total. The van der Waals surface area contributed by atoms with Crippen LogP contribution in [-0.2, 0) is 16.5 Å². The van der Waals surface area contributed by atoms with E-state index in [1.165, 1.54) is 44.6 Å². The Morgan fingerprint density at radius 3 is 2.03 bits per heavy atom. The maximum absolute atomic E-state index is 12.6. The molecule has 5 aromatic rings. The number of anilines is 6. The number of rotatable bonds is 24. The number of unbranched alkanes of at least 4 members (excludes halogenated alkanes) is 7. The first-order valence-corrected chi connectivity index (χ1v) is 21.3. The topological polar surface area (TPSA) is 212 Å². The third kappa shape index (κ3) is 14.3. The van der Waals surface area contributed by atoms with Gasteiger partial charge in [0.2, 0.25) is 29.1 Å². The molecule has 0 saturated carbocycles. The van der Waals surface area contributed by atoms with Crippen LogP contribution in [0.4, 0.5) is 35.2 Å². The summed E-state index contributed by atoms with van der Waals surface area (Å²) in [6.45, 7) is 3.01. The predicted octanol–water partition coefficient (Wildman–Crippen LogP) is 7.55. The molecule has 0 bridgehead atoms. The number of aromatic nitrogens is 6. The van der Waals surface area contributed by atoms with Crippen LogP contribution in [0.5, 0.6) is 0 Å². The number of nitrogens with one attached hydrogen (secondary N) is 3. The molecule has 0 atom stereocenters. The molecule has 2 aromatic heterocycles. The molecule has 58 heavy (non-hydrogen) atoms. The third-order valence-electron chi connectivity index (χ3n) is 8.99. The summed E-state index contributed by atoms with van der Waals surface area (Å²) in [5.74, 6) is 1.57. The smallest absolute Gasteiger partial charge is 0.295 e. The Morgan fingerprint density at radius 2 is 1.34 bits per heavy atom. The molecule has 5 rings (SSSR count). The summed E-state index contributed by atoms with van der Waals surface area (Å²) in [7, 11) is -4.63. The largest absolute Gasteiger partial charge is 0.395 e. The second-order valence-electron chi connectivity index (χ2n) is 13.6. The minimum atomic E-state index is -4.63. The fraction of sp³-hybridized carbons (Fsp3) is 0.366. The maximum Gasteiger partial charge on any atom is 0.295 e. The molecule has 0 saturated heterocycles. The van der Waals surface area contributed by atoms with E-state index in [-0.39, 0.29) is 59.9 Å². The van der Waals surface area contributed by atoms with Crippen molar-refractivity contribution in [2.75, 3.05) is 53.7 Å². The average Bonchev–Trinajstić information content (AvgIpc) is 3.20. The molecule has 0 aliphatic rings. The number of hydrogen-bond donors (Lipinski definition) is 6. The van der Waals surface area contributed by atoms with Gasteiger partial charge in [0.05, 0.1) is 13.2 Å². The van der Waals surface area contributed by atoms with Crippen molar-refractivity contribution in [3.8, 4) is 0 Å². The maximum atomic E-state index is 12.6. The summed E-state index contributed by atoms with van der Waals surface area (Å²) in [4.78, 5) is 27.7. The van der Waals surface area contributed by atoms with Crippen LogP contribution in [0.2, 0.25) is 5.28 Å². The fourth-order valence-electron chi connectivity index (χ4n) is 6.06. The molecule has 2 heterocycles. The lowest BCUT2D eigenvalue weighted by Crippen LogP contribution is -2.31. The molecule has 0 aliphatic heterocycles. The van der Waals surface area contributed by atoms with E-state index in [0.29, 0.717) is 36.1 Å². The molecular weight excluding hydrogens is 780 g/mol. The van der Waals surface area contributed by atoms with E-state index in [2.05, 4.69) is 52.8 Å². The van der Waals surface area contributed by atoms with Crippen LogP contribution in [0.25, 0.3) is 12.2 Å². The van der Waals surface area contributed by atoms with Crippen LogP contribution in [0.1, 0.15) is 80.8 Å². The van der Waals surface area contributed by atoms with E-state index >= 15 is 0 Å². The Balaban J connectivity index is 1.28. The number of aliphatic hydroxyl groups excluding tert-OH is 2. The molecule has 308 valence electrons. The summed E-state index contributed by atoms with van der Waals surface area (Å²) >= 11 is 6.12. The SMILES string of the molecule is CCCCCCCCCCNc1nc(Cc2ccccc2)nc(Nc2ccc(/C=C/c3ccc(Nc4nc(Cl)nc(N(CCO)CCO)n4)cc3)c(S(=O)(=O)O)c2)n1. The quantitative estimate of drug-likeness (QED) is 0.0201. The minimum Gasteiger partial charge on any atom is -0.395 e. The van der Waals surface area contributed by atoms with Crippen molar-refractivity contribution in [2.24, 2.45) is 0 Å². The summed E-state index contributed by atoms with van der Waals surface area (Å²) < 4.78 is 35.4. The van der Waals surface area contributed by atoms with Gasteiger partial charge < -0.3 is 31.1 Å². The van der Waals surface area contributed by atoms with Crippen LogP contribution in [0.3, 0.4) is 0 Å². The Kier molecular flexibility index (Phi) is 17.1. The zero-order valence-corrected chi connectivity index (χ0v) is 34.1. The highest BCUT2D eigenvalue weighted by molar-refractivity contribution is 7.86. The number of benzene rings is 3. The van der Waals surface area contributed by atoms with Gasteiger partial charge in [-0.05, 0) is 59.0 Å². The average molecular weight is 831 g/mol. The molecule has 0 amide bonds. The van der Waals surface area contributed by atoms with Crippen LogP contribution < -0.4 is 20.9 Å². The lowest BCUT2D eigenvalue weighted by molar-refractivity contribution is 0.280. The molecule has 0 unspecified atom stereocenters. The van der Waals surface area contributed by atoms with Crippen molar-refractivity contribution in [2.45, 2.75) is 69.6 Å². The second kappa shape index (κ2) is 22.6. The van der Waals surface area contributed by atoms with Crippen molar-refractivity contribution < 1.29 is 23.2 Å². The van der Waals surface area contributed by atoms with Gasteiger partial charge in [-0.25, -0.2) is 0 Å². The Bertz CT molecular complexity index is 2170. The molecule has 6 N–H and O–H groups in total. The summed E-state index contributed by atoms with van der Waals surface area (Å²) in [6, 6.07) is 21.6. The molecule has 0 radical (unpaired) electrons. The number of nitrogens with zero attached hydrogens (tertiary/aromatic N) is 7. The molecule has 0 aliphatic carbocycles. The minimum absolute atomic E-state index is 0.0593. The van der Waals surface area contributed by atoms with E-state index in [1.54, 1.807) is 53.5 Å². The predicted molar refractivity (Wildman–Crippen MR) is 230 cm³/mol. The number of aliphatic hydroxyl groups is 2. The summed E-state index contributed by atoms with van der Waals surface area (Å²) in [6.07, 6.45) is 13.4. The van der Waals surface area contributed by atoms with Crippen molar-refractivity contribution in [3.63, 3.8) is 0 Å². The van der Waals surface area contributed by atoms with Gasteiger partial charge in [0, 0.05) is 37.4 Å². The molecule has 3 aromatic carbocycles. The van der Waals surface area contributed by atoms with Gasteiger partial charge in [-0.2, -0.15) is 38.3 Å². The Labute approximate surface area is 344 Å². The zero-order valence-electron chi connectivity index (χ0n) is 32.6. The first-order valence-electron chi connectivity index (χ1n) is 19.5. The lowest BCUT2D eigenvalue weighted by atomic mass is 10.1. The van der Waals surface area contributed by atoms with Gasteiger partial charge in [0.25, 0.3) is 10.1 Å². The van der Waals surface area contributed by atoms with E-state index in [9.17, 15) is 23.2 Å². The fourth-order valence-corrected chi connectivity index (χ4v) is 6.92. The second-order valence-corrected chi connectivity index (χ2v) is 15.3. The standard InChI is InChI=1S/C41H51ClN10O5S/c1-2-3-4-5-6-7-8-12-23-43-38-46-36(28-31-13-10-9-11-14-31)47-39(50-38)45-34-22-19-32(35(29-34)58(55,56)57)18-15-30-16-20-33(21-17-30)44-40-48-37(42)49-41(51-40)52(24-26-53)25-27-54/h9-11,13-22,29,53-54H,2-8,12,23-28H2,1H3,(H,55,56,57)(H,44,48,49,51)(H2,43,45,46,47,50)/b18-15+. The number of halogens is 1. The van der Waals surface area contributed by atoms with Crippen molar-refractivity contribution in [1.82, 2.24) is 29.9 Å². The molecule has 0 spiro atoms. The van der Waals surface area contributed by atoms with Gasteiger partial charge in [-0.15, -0.1) is 0 Å². The van der Waals surface area contributed by atoms with Gasteiger partial charge in [0.1, 0.15) is 10.7 Å². The van der Waals surface area contributed by atoms with Crippen LogP contribution in [0.15, 0.2) is 77.7 Å². The highest BCUT2D eigenvalue weighted by Crippen LogP contribution is 2.26. The van der Waals surface area contributed by atoms with Crippen molar-refractivity contribution >= 4 is 69.0 Å². The molecular formula is C41H51ClN10O5S. The first kappa shape index (κ1) is 43.9. The zero-order chi connectivity index (χ0) is 41.2. The van der Waals surface area contributed by atoms with Crippen molar-refractivity contribution in [1.29, 1.82) is 0 Å². The van der Waals surface area contributed by atoms with Gasteiger partial charge in [0.15, 0.2) is 0 Å². The summed E-state index contributed by atoms with van der Waals surface area (Å²) in [5, 5.41) is 28.2. The molecule has 17 heteroatoms. The number of hydrogen-bond acceptors (Lipinski definition) is 14. The van der Waals surface area contributed by atoms with Crippen LogP contribution in [0, 0.1) is 0 Å². The Hall–Kier alpha value is -5.26. The van der Waals surface area contributed by atoms with E-state index in [1.807, 2.05) is 30.3 Å². The van der Waals surface area contributed by atoms with Gasteiger partial charge >= 0.3 is 0 Å². The van der Waals surface area contributed by atoms with Gasteiger partial charge in [-0.3, -0.25) is 4.55 Å². The first-order chi connectivity index (χ1) is 28.1. The monoisotopic (exact) mass is 830 g/mol. The van der Waals surface area contributed by atoms with Crippen LogP contribution in [-0.4, -0.2) is 85.9 Å². The summed E-state index contributed by atoms with van der Waals surface area (Å²) in [5.41, 5.74) is 3.04. The van der Waals surface area contributed by atoms with E-state index in [4.69, 9.17) is 11.6 Å². The van der Waals surface area contributed by atoms with Crippen LogP contribution >= 0.6 is 11.6 Å². The highest BCUT2D eigenvalue weighted by Gasteiger charge is 2.17. The lowest BCUT2D eigenvalue weighted by Gasteiger charge is -2.20. The van der Waals surface area contributed by atoms with E-state index in [0.717, 1.165) is 24.0 Å². The normalized spacial score (nSPS) is 11.5. The van der Waals surface area contributed by atoms with E-state index < -0.39 is 10.1 Å². The highest BCUT2D eigenvalue weighted by atomic mass is 35.5. The van der Waals surface area contributed by atoms with Crippen molar-refractivity contribution in [3.05, 3.63) is 101 Å².